The zero-order valence-corrected chi connectivity index (χ0v) is 17.1. The van der Waals surface area contributed by atoms with E-state index in [2.05, 4.69) is 4.65 Å². The van der Waals surface area contributed by atoms with Crippen molar-refractivity contribution in [2.75, 3.05) is 13.2 Å². The van der Waals surface area contributed by atoms with E-state index >= 15 is 0 Å². The summed E-state index contributed by atoms with van der Waals surface area (Å²) in [7, 11) is 4.83. The molecule has 1 aliphatic heterocycles. The predicted octanol–water partition coefficient (Wildman–Crippen LogP) is 3.75. The molecule has 158 valence electrons. The molecule has 1 heterocycles. The van der Waals surface area contributed by atoms with Crippen LogP contribution in [0.15, 0.2) is 69.9 Å². The second-order valence-corrected chi connectivity index (χ2v) is 6.84. The quantitative estimate of drug-likeness (QED) is 0.262. The minimum atomic E-state index is -0.736. The van der Waals surface area contributed by atoms with Gasteiger partial charge in [0.05, 0.1) is 12.2 Å². The highest BCUT2D eigenvalue weighted by Gasteiger charge is 2.22. The first-order chi connectivity index (χ1) is 15.5. The van der Waals surface area contributed by atoms with Crippen molar-refractivity contribution >= 4 is 31.0 Å². The van der Waals surface area contributed by atoms with Gasteiger partial charge in [0.25, 0.3) is 0 Å². The molecule has 0 amide bonds. The van der Waals surface area contributed by atoms with Crippen LogP contribution in [-0.4, -0.2) is 33.2 Å². The van der Waals surface area contributed by atoms with E-state index in [1.54, 1.807) is 43.3 Å². The molecule has 0 unspecified atom stereocenters. The predicted molar refractivity (Wildman–Crippen MR) is 118 cm³/mol. The Balaban J connectivity index is 1.96. The first-order valence-corrected chi connectivity index (χ1v) is 9.81. The second-order valence-electron chi connectivity index (χ2n) is 6.84. The number of benzene rings is 3. The van der Waals surface area contributed by atoms with Crippen LogP contribution < -0.4 is 10.2 Å². The zero-order chi connectivity index (χ0) is 22.7. The number of hydrogen-bond donors (Lipinski definition) is 0. The Morgan fingerprint density at radius 3 is 2.59 bits per heavy atom. The molecule has 4 rings (SSSR count). The van der Waals surface area contributed by atoms with Crippen molar-refractivity contribution in [1.82, 2.24) is 0 Å². The van der Waals surface area contributed by atoms with Gasteiger partial charge in [0, 0.05) is 28.6 Å². The van der Waals surface area contributed by atoms with Gasteiger partial charge in [0.15, 0.2) is 12.0 Å². The second kappa shape index (κ2) is 8.97. The lowest BCUT2D eigenvalue weighted by atomic mass is 9.91. The van der Waals surface area contributed by atoms with Crippen LogP contribution in [0, 0.1) is 0 Å². The Morgan fingerprint density at radius 2 is 1.81 bits per heavy atom. The van der Waals surface area contributed by atoms with Gasteiger partial charge in [-0.15, -0.1) is 0 Å². The van der Waals surface area contributed by atoms with Crippen LogP contribution in [0.25, 0.3) is 33.4 Å². The van der Waals surface area contributed by atoms with Gasteiger partial charge in [-0.3, -0.25) is 9.59 Å². The molecule has 0 spiro atoms. The monoisotopic (exact) mass is 428 g/mol. The summed E-state index contributed by atoms with van der Waals surface area (Å²) < 4.78 is 20.7. The van der Waals surface area contributed by atoms with Gasteiger partial charge < -0.3 is 18.5 Å². The lowest BCUT2D eigenvalue weighted by Crippen LogP contribution is -2.13. The summed E-state index contributed by atoms with van der Waals surface area (Å²) in [5.74, 6) is -0.502. The smallest absolute Gasteiger partial charge is 0.378 e. The highest BCUT2D eigenvalue weighted by Crippen LogP contribution is 2.42. The molecule has 2 aromatic rings. The molecular formula is C24H17BO7. The van der Waals surface area contributed by atoms with Crippen molar-refractivity contribution in [3.8, 4) is 28.2 Å². The van der Waals surface area contributed by atoms with Crippen LogP contribution in [0.4, 0.5) is 0 Å². The number of esters is 1. The molecule has 0 fully saturated rings. The standard InChI is InChI=1S/C24H17BO7/c1-2-29-24(28)17-6-4-3-5-16(17)23-18-9-7-14(26)11-20(18)31-21-12-15(8-10-19(21)23)30-13-22(27)32-25/h3-12H,2,13H2,1H3. The average Bonchev–Trinajstić information content (AvgIpc) is 2.80. The molecule has 2 radical (unpaired) electrons. The molecule has 1 aliphatic carbocycles. The first kappa shape index (κ1) is 21.2. The summed E-state index contributed by atoms with van der Waals surface area (Å²) >= 11 is 0. The van der Waals surface area contributed by atoms with Gasteiger partial charge in [-0.2, -0.15) is 0 Å². The molecule has 8 heteroatoms. The van der Waals surface area contributed by atoms with Crippen LogP contribution in [0.2, 0.25) is 0 Å². The summed E-state index contributed by atoms with van der Waals surface area (Å²) in [4.78, 5) is 35.9. The van der Waals surface area contributed by atoms with E-state index in [1.165, 1.54) is 12.1 Å². The molecule has 0 aromatic heterocycles. The topological polar surface area (TPSA) is 92.0 Å². The minimum absolute atomic E-state index is 0.219. The van der Waals surface area contributed by atoms with Gasteiger partial charge in [-0.05, 0) is 42.8 Å². The van der Waals surface area contributed by atoms with Crippen molar-refractivity contribution in [3.05, 3.63) is 76.5 Å². The summed E-state index contributed by atoms with van der Waals surface area (Å²) in [6.07, 6.45) is 0. The molecule has 32 heavy (non-hydrogen) atoms. The van der Waals surface area contributed by atoms with Crippen molar-refractivity contribution in [2.24, 2.45) is 0 Å². The van der Waals surface area contributed by atoms with E-state index in [0.29, 0.717) is 44.7 Å². The van der Waals surface area contributed by atoms with Gasteiger partial charge in [-0.25, -0.2) is 4.79 Å². The third kappa shape index (κ3) is 4.07. The Labute approximate surface area is 184 Å². The van der Waals surface area contributed by atoms with Gasteiger partial charge in [0.1, 0.15) is 17.1 Å². The lowest BCUT2D eigenvalue weighted by molar-refractivity contribution is -0.136. The Kier molecular flexibility index (Phi) is 5.94. The number of rotatable bonds is 6. The van der Waals surface area contributed by atoms with E-state index in [0.717, 1.165) is 0 Å². The molecule has 2 aliphatic rings. The molecular weight excluding hydrogens is 411 g/mol. The number of fused-ring (bicyclic) bond motifs is 2. The largest absolute Gasteiger partial charge is 0.541 e. The molecule has 0 N–H and O–H groups in total. The Bertz CT molecular complexity index is 1340. The fourth-order valence-corrected chi connectivity index (χ4v) is 3.50. The van der Waals surface area contributed by atoms with Crippen LogP contribution in [0.5, 0.6) is 5.75 Å². The highest BCUT2D eigenvalue weighted by atomic mass is 16.5. The molecule has 7 nitrogen and oxygen atoms in total. The van der Waals surface area contributed by atoms with Crippen LogP contribution >= 0.6 is 0 Å². The van der Waals surface area contributed by atoms with E-state index in [1.807, 2.05) is 12.1 Å². The maximum Gasteiger partial charge on any atom is 0.378 e. The van der Waals surface area contributed by atoms with Gasteiger partial charge in [-0.1, -0.05) is 18.2 Å². The molecule has 2 aromatic carbocycles. The van der Waals surface area contributed by atoms with Crippen molar-refractivity contribution in [3.63, 3.8) is 0 Å². The zero-order valence-electron chi connectivity index (χ0n) is 17.1. The van der Waals surface area contributed by atoms with Crippen molar-refractivity contribution in [1.29, 1.82) is 0 Å². The fraction of sp³-hybridized carbons (Fsp3) is 0.125. The van der Waals surface area contributed by atoms with E-state index in [-0.39, 0.29) is 18.6 Å². The first-order valence-electron chi connectivity index (χ1n) is 9.81. The Hall–Kier alpha value is -4.07. The summed E-state index contributed by atoms with van der Waals surface area (Å²) in [6, 6.07) is 16.6. The summed E-state index contributed by atoms with van der Waals surface area (Å²) in [5, 5.41) is 0.682. The van der Waals surface area contributed by atoms with Crippen molar-refractivity contribution < 1.29 is 28.1 Å². The minimum Gasteiger partial charge on any atom is -0.541 e. The SMILES string of the molecule is [B]OC(=O)COc1ccc2c(-c3ccccc3C(=O)OCC)c3ccc(=O)cc-3oc2c1. The van der Waals surface area contributed by atoms with Crippen LogP contribution in [-0.2, 0) is 14.2 Å². The molecule has 0 saturated heterocycles. The highest BCUT2D eigenvalue weighted by molar-refractivity contribution is 6.08. The van der Waals surface area contributed by atoms with E-state index in [4.69, 9.17) is 21.9 Å². The summed E-state index contributed by atoms with van der Waals surface area (Å²) in [6.45, 7) is 1.60. The Morgan fingerprint density at radius 1 is 1.00 bits per heavy atom. The molecule has 0 bridgehead atoms. The normalized spacial score (nSPS) is 10.8. The molecule has 0 atom stereocenters. The number of carbonyl (C=O) groups is 2. The van der Waals surface area contributed by atoms with Gasteiger partial charge >= 0.3 is 20.0 Å². The number of ether oxygens (including phenoxy) is 2. The number of carbonyl (C=O) groups excluding carboxylic acids is 2. The maximum absolute atomic E-state index is 12.6. The van der Waals surface area contributed by atoms with E-state index in [9.17, 15) is 14.4 Å². The average molecular weight is 428 g/mol. The summed E-state index contributed by atoms with van der Waals surface area (Å²) in [5.41, 5.74) is 2.57. The van der Waals surface area contributed by atoms with Crippen LogP contribution in [0.1, 0.15) is 17.3 Å². The maximum atomic E-state index is 12.6. The van der Waals surface area contributed by atoms with E-state index < -0.39 is 11.9 Å². The third-order valence-electron chi connectivity index (χ3n) is 4.84. The van der Waals surface area contributed by atoms with Crippen LogP contribution in [0.3, 0.4) is 0 Å². The van der Waals surface area contributed by atoms with Gasteiger partial charge in [0.2, 0.25) is 0 Å². The number of hydrogen-bond acceptors (Lipinski definition) is 7. The lowest BCUT2D eigenvalue weighted by Gasteiger charge is -2.17. The van der Waals surface area contributed by atoms with Crippen molar-refractivity contribution in [2.45, 2.75) is 6.92 Å². The molecule has 0 saturated carbocycles. The third-order valence-corrected chi connectivity index (χ3v) is 4.84. The fourth-order valence-electron chi connectivity index (χ4n) is 3.50.